The summed E-state index contributed by atoms with van der Waals surface area (Å²) in [6, 6.07) is 20.4. The van der Waals surface area contributed by atoms with Crippen molar-refractivity contribution in [3.05, 3.63) is 65.7 Å². The molecule has 0 aliphatic heterocycles. The molecule has 0 saturated carbocycles. The van der Waals surface area contributed by atoms with Gasteiger partial charge in [0.25, 0.3) is 0 Å². The minimum absolute atomic E-state index is 0.120. The maximum atomic E-state index is 9.22. The van der Waals surface area contributed by atoms with Crippen molar-refractivity contribution < 1.29 is 0 Å². The minimum Gasteiger partial charge on any atom is -0.389 e. The van der Waals surface area contributed by atoms with Gasteiger partial charge in [-0.1, -0.05) is 60.7 Å². The number of nitriles is 1. The molecule has 0 atom stereocenters. The van der Waals surface area contributed by atoms with Gasteiger partial charge in [0.05, 0.1) is 5.57 Å². The van der Waals surface area contributed by atoms with Crippen LogP contribution in [0.2, 0.25) is 0 Å². The summed E-state index contributed by atoms with van der Waals surface area (Å²) in [6.07, 6.45) is 1.78. The van der Waals surface area contributed by atoms with E-state index in [1.165, 1.54) is 0 Å². The lowest BCUT2D eigenvalue weighted by molar-refractivity contribution is 1.52. The van der Waals surface area contributed by atoms with Crippen molar-refractivity contribution in [2.45, 2.75) is 0 Å². The highest BCUT2D eigenvalue weighted by atomic mass is 32.1. The molecule has 0 aliphatic carbocycles. The van der Waals surface area contributed by atoms with Gasteiger partial charge < -0.3 is 5.73 Å². The van der Waals surface area contributed by atoms with Crippen molar-refractivity contribution in [3.63, 3.8) is 0 Å². The van der Waals surface area contributed by atoms with Crippen LogP contribution in [0.25, 0.3) is 27.6 Å². The zero-order valence-corrected chi connectivity index (χ0v) is 12.0. The molecule has 0 bridgehead atoms. The van der Waals surface area contributed by atoms with Gasteiger partial charge in [0.2, 0.25) is 0 Å². The van der Waals surface area contributed by atoms with E-state index in [2.05, 4.69) is 24.3 Å². The second-order valence-corrected chi connectivity index (χ2v) is 5.21. The average Bonchev–Trinajstić information content (AvgIpc) is 2.51. The average molecular weight is 288 g/mol. The summed E-state index contributed by atoms with van der Waals surface area (Å²) in [7, 11) is 0. The number of fused-ring (bicyclic) bond motifs is 2. The summed E-state index contributed by atoms with van der Waals surface area (Å²) in [5.41, 5.74) is 6.93. The number of nitrogens with zero attached hydrogens (tertiary/aromatic N) is 1. The summed E-state index contributed by atoms with van der Waals surface area (Å²) < 4.78 is 0. The molecule has 0 spiro atoms. The third-order valence-corrected chi connectivity index (χ3v) is 3.71. The molecule has 3 aromatic rings. The molecule has 0 radical (unpaired) electrons. The first-order valence-corrected chi connectivity index (χ1v) is 6.93. The fourth-order valence-electron chi connectivity index (χ4n) is 2.51. The van der Waals surface area contributed by atoms with E-state index in [1.807, 2.05) is 36.4 Å². The minimum atomic E-state index is 0.120. The number of hydrogen-bond donors (Lipinski definition) is 1. The molecule has 2 N–H and O–H groups in total. The van der Waals surface area contributed by atoms with Gasteiger partial charge >= 0.3 is 0 Å². The first-order chi connectivity index (χ1) is 10.2. The van der Waals surface area contributed by atoms with E-state index in [0.717, 1.165) is 27.1 Å². The first kappa shape index (κ1) is 13.3. The van der Waals surface area contributed by atoms with Crippen LogP contribution in [0, 0.1) is 11.3 Å². The fraction of sp³-hybridized carbons (Fsp3) is 0. The molecule has 100 valence electrons. The lowest BCUT2D eigenvalue weighted by Crippen LogP contribution is -2.09. The molecule has 3 aromatic carbocycles. The Labute approximate surface area is 128 Å². The van der Waals surface area contributed by atoms with Gasteiger partial charge in [0.1, 0.15) is 11.1 Å². The van der Waals surface area contributed by atoms with Gasteiger partial charge in [0, 0.05) is 0 Å². The third kappa shape index (κ3) is 2.37. The van der Waals surface area contributed by atoms with Crippen LogP contribution in [0.5, 0.6) is 0 Å². The van der Waals surface area contributed by atoms with Crippen molar-refractivity contribution in [1.82, 2.24) is 0 Å². The lowest BCUT2D eigenvalue weighted by atomic mass is 9.95. The largest absolute Gasteiger partial charge is 0.389 e. The maximum absolute atomic E-state index is 9.22. The standard InChI is InChI=1S/C18H12N2S/c19-11-14(18(20)21)10-17-15-7-3-1-5-12(15)9-13-6-2-4-8-16(13)17/h1-10H,(H2,20,21). The summed E-state index contributed by atoms with van der Waals surface area (Å²) in [5.74, 6) is 0. The van der Waals surface area contributed by atoms with E-state index in [9.17, 15) is 5.26 Å². The Balaban J connectivity index is 2.47. The van der Waals surface area contributed by atoms with Gasteiger partial charge in [0.15, 0.2) is 0 Å². The van der Waals surface area contributed by atoms with Crippen molar-refractivity contribution in [1.29, 1.82) is 5.26 Å². The Kier molecular flexibility index (Phi) is 3.39. The molecule has 0 unspecified atom stereocenters. The highest BCUT2D eigenvalue weighted by Gasteiger charge is 2.07. The predicted molar refractivity (Wildman–Crippen MR) is 91.8 cm³/mol. The highest BCUT2D eigenvalue weighted by molar-refractivity contribution is 7.80. The molecule has 0 amide bonds. The van der Waals surface area contributed by atoms with Gasteiger partial charge in [-0.3, -0.25) is 0 Å². The van der Waals surface area contributed by atoms with E-state index in [1.54, 1.807) is 6.08 Å². The summed E-state index contributed by atoms with van der Waals surface area (Å²) in [5, 5.41) is 13.6. The highest BCUT2D eigenvalue weighted by Crippen LogP contribution is 2.30. The Morgan fingerprint density at radius 1 is 1.00 bits per heavy atom. The normalized spacial score (nSPS) is 11.5. The third-order valence-electron chi connectivity index (χ3n) is 3.49. The van der Waals surface area contributed by atoms with E-state index in [0.29, 0.717) is 5.57 Å². The molecular formula is C18H12N2S. The number of rotatable bonds is 2. The number of benzene rings is 3. The molecule has 3 rings (SSSR count). The van der Waals surface area contributed by atoms with Crippen molar-refractivity contribution in [2.24, 2.45) is 5.73 Å². The lowest BCUT2D eigenvalue weighted by Gasteiger charge is -2.09. The maximum Gasteiger partial charge on any atom is 0.114 e. The topological polar surface area (TPSA) is 49.8 Å². The predicted octanol–water partition coefficient (Wildman–Crippen LogP) is 4.19. The first-order valence-electron chi connectivity index (χ1n) is 6.53. The van der Waals surface area contributed by atoms with Crippen LogP contribution in [0.1, 0.15) is 5.56 Å². The van der Waals surface area contributed by atoms with Crippen LogP contribution in [0.3, 0.4) is 0 Å². The number of thiocarbonyl (C=S) groups is 1. The molecule has 0 heterocycles. The monoisotopic (exact) mass is 288 g/mol. The molecule has 21 heavy (non-hydrogen) atoms. The molecular weight excluding hydrogens is 276 g/mol. The Hall–Kier alpha value is -2.70. The van der Waals surface area contributed by atoms with Crippen LogP contribution >= 0.6 is 12.2 Å². The summed E-state index contributed by atoms with van der Waals surface area (Å²) in [4.78, 5) is 0.120. The van der Waals surface area contributed by atoms with Gasteiger partial charge in [-0.15, -0.1) is 0 Å². The van der Waals surface area contributed by atoms with E-state index >= 15 is 0 Å². The van der Waals surface area contributed by atoms with Crippen molar-refractivity contribution >= 4 is 44.8 Å². The van der Waals surface area contributed by atoms with E-state index < -0.39 is 0 Å². The Morgan fingerprint density at radius 2 is 1.52 bits per heavy atom. The SMILES string of the molecule is N#CC(=Cc1c2ccccc2cc2ccccc12)C(N)=S. The van der Waals surface area contributed by atoms with E-state index in [-0.39, 0.29) is 4.99 Å². The van der Waals surface area contributed by atoms with Crippen LogP contribution in [-0.4, -0.2) is 4.99 Å². The van der Waals surface area contributed by atoms with Crippen LogP contribution in [0.15, 0.2) is 60.2 Å². The number of nitrogens with two attached hydrogens (primary N) is 1. The van der Waals surface area contributed by atoms with Crippen LogP contribution < -0.4 is 5.73 Å². The smallest absolute Gasteiger partial charge is 0.114 e. The zero-order chi connectivity index (χ0) is 14.8. The molecule has 0 saturated heterocycles. The van der Waals surface area contributed by atoms with Crippen molar-refractivity contribution in [3.8, 4) is 6.07 Å². The van der Waals surface area contributed by atoms with E-state index in [4.69, 9.17) is 18.0 Å². The van der Waals surface area contributed by atoms with Gasteiger partial charge in [-0.2, -0.15) is 5.26 Å². The zero-order valence-electron chi connectivity index (χ0n) is 11.2. The second-order valence-electron chi connectivity index (χ2n) is 4.77. The van der Waals surface area contributed by atoms with Gasteiger partial charge in [-0.05, 0) is 39.3 Å². The fourth-order valence-corrected chi connectivity index (χ4v) is 2.61. The molecule has 2 nitrogen and oxygen atoms in total. The molecule has 0 aliphatic rings. The Morgan fingerprint density at radius 3 is 2.00 bits per heavy atom. The second kappa shape index (κ2) is 5.35. The van der Waals surface area contributed by atoms with Crippen LogP contribution in [0.4, 0.5) is 0 Å². The molecule has 0 fully saturated rings. The summed E-state index contributed by atoms with van der Waals surface area (Å²) in [6.45, 7) is 0. The number of hydrogen-bond acceptors (Lipinski definition) is 2. The Bertz CT molecular complexity index is 879. The van der Waals surface area contributed by atoms with Crippen LogP contribution in [-0.2, 0) is 0 Å². The quantitative estimate of drug-likeness (QED) is 0.333. The molecule has 0 aromatic heterocycles. The molecule has 3 heteroatoms. The van der Waals surface area contributed by atoms with Crippen molar-refractivity contribution in [2.75, 3.05) is 0 Å². The summed E-state index contributed by atoms with van der Waals surface area (Å²) >= 11 is 4.95. The van der Waals surface area contributed by atoms with Gasteiger partial charge in [-0.25, -0.2) is 0 Å².